The number of allylic oxidation sites excluding steroid dienone is 1. The molecular weight excluding hydrogens is 533 g/mol. The molecule has 0 radical (unpaired) electrons. The first-order chi connectivity index (χ1) is 18.5. The third-order valence-electron chi connectivity index (χ3n) is 9.67. The predicted octanol–water partition coefficient (Wildman–Crippen LogP) is 3.54. The second-order valence-electron chi connectivity index (χ2n) is 12.1. The van der Waals surface area contributed by atoms with Crippen LogP contribution in [0.15, 0.2) is 41.5 Å². The average Bonchev–Trinajstić information content (AvgIpc) is 2.86. The lowest BCUT2D eigenvalue weighted by molar-refractivity contribution is -0.341. The second-order valence-corrected chi connectivity index (χ2v) is 12.1. The molecule has 1 aliphatic heterocycles. The smallest absolute Gasteiger partial charge is 0.338 e. The first kappa shape index (κ1) is 28.5. The summed E-state index contributed by atoms with van der Waals surface area (Å²) >= 11 is 0. The van der Waals surface area contributed by atoms with Gasteiger partial charge < -0.3 is 19.3 Å². The van der Waals surface area contributed by atoms with Gasteiger partial charge in [-0.05, 0) is 31.6 Å². The first-order valence-electron chi connectivity index (χ1n) is 13.1. The Morgan fingerprint density at radius 1 is 1.10 bits per heavy atom. The van der Waals surface area contributed by atoms with E-state index in [1.54, 1.807) is 18.2 Å². The molecule has 3 aliphatic carbocycles. The summed E-state index contributed by atoms with van der Waals surface area (Å²) in [7, 11) is 0. The van der Waals surface area contributed by atoms with Crippen molar-refractivity contribution in [2.24, 2.45) is 16.7 Å². The maximum Gasteiger partial charge on any atom is 0.338 e. The van der Waals surface area contributed by atoms with Crippen molar-refractivity contribution in [1.82, 2.24) is 0 Å². The topological polar surface area (TPSA) is 116 Å². The number of carbonyl (C=O) groups is 4. The summed E-state index contributed by atoms with van der Waals surface area (Å²) in [6.45, 7) is 5.21. The molecule has 40 heavy (non-hydrogen) atoms. The van der Waals surface area contributed by atoms with E-state index >= 15 is 13.2 Å². The molecule has 216 valence electrons. The average molecular weight is 565 g/mol. The van der Waals surface area contributed by atoms with Crippen LogP contribution in [0, 0.1) is 16.7 Å². The van der Waals surface area contributed by atoms with E-state index in [4.69, 9.17) is 14.2 Å². The first-order valence-corrected chi connectivity index (χ1v) is 13.1. The van der Waals surface area contributed by atoms with Gasteiger partial charge in [0.05, 0.1) is 23.5 Å². The SMILES string of the molecule is CC(=O)O[C@@]12CO[C@@H]1C[C@@H](F)[C@@]1(C)C(=O)C(F)(F)C3=C(C)C(=O)C[C@@](O)([C@@H](OC(=O)c4ccccc4)[C@H]21)C3(C)C. The van der Waals surface area contributed by atoms with Gasteiger partial charge in [-0.15, -0.1) is 0 Å². The highest BCUT2D eigenvalue weighted by atomic mass is 19.3. The zero-order valence-corrected chi connectivity index (χ0v) is 22.8. The molecule has 1 aromatic rings. The van der Waals surface area contributed by atoms with Crippen molar-refractivity contribution in [3.05, 3.63) is 47.0 Å². The normalized spacial score (nSPS) is 39.6. The Labute approximate surface area is 228 Å². The summed E-state index contributed by atoms with van der Waals surface area (Å²) in [5, 5.41) is 12.4. The molecule has 1 saturated heterocycles. The summed E-state index contributed by atoms with van der Waals surface area (Å²) in [4.78, 5) is 53.0. The minimum atomic E-state index is -4.39. The van der Waals surface area contributed by atoms with Crippen molar-refractivity contribution in [2.45, 2.75) is 83.0 Å². The second kappa shape index (κ2) is 8.72. The maximum absolute atomic E-state index is 16.4. The fourth-order valence-electron chi connectivity index (χ4n) is 7.50. The Balaban J connectivity index is 1.85. The molecule has 11 heteroatoms. The summed E-state index contributed by atoms with van der Waals surface area (Å²) in [5.74, 6) is -10.8. The van der Waals surface area contributed by atoms with Crippen molar-refractivity contribution in [2.75, 3.05) is 6.61 Å². The molecule has 0 unspecified atom stereocenters. The van der Waals surface area contributed by atoms with Gasteiger partial charge in [-0.25, -0.2) is 9.18 Å². The molecule has 0 aromatic heterocycles. The number of ketones is 2. The van der Waals surface area contributed by atoms with Crippen LogP contribution in [0.1, 0.15) is 57.8 Å². The van der Waals surface area contributed by atoms with Crippen LogP contribution >= 0.6 is 0 Å². The van der Waals surface area contributed by atoms with E-state index in [0.717, 1.165) is 20.8 Å². The quantitative estimate of drug-likeness (QED) is 0.555. The molecule has 4 aliphatic rings. The van der Waals surface area contributed by atoms with Crippen molar-refractivity contribution in [1.29, 1.82) is 0 Å². The largest absolute Gasteiger partial charge is 0.455 e. The number of hydrogen-bond donors (Lipinski definition) is 1. The number of carbonyl (C=O) groups excluding carboxylic acids is 4. The van der Waals surface area contributed by atoms with E-state index in [0.29, 0.717) is 0 Å². The van der Waals surface area contributed by atoms with E-state index in [-0.39, 0.29) is 5.56 Å². The summed E-state index contributed by atoms with van der Waals surface area (Å²) < 4.78 is 66.1. The highest BCUT2D eigenvalue weighted by Gasteiger charge is 2.80. The van der Waals surface area contributed by atoms with Gasteiger partial charge in [0.1, 0.15) is 24.0 Å². The van der Waals surface area contributed by atoms with Gasteiger partial charge in [-0.1, -0.05) is 32.0 Å². The van der Waals surface area contributed by atoms with Crippen LogP contribution in [-0.2, 0) is 28.6 Å². The maximum atomic E-state index is 16.4. The van der Waals surface area contributed by atoms with E-state index in [2.05, 4.69) is 0 Å². The lowest BCUT2D eigenvalue weighted by atomic mass is 9.45. The zero-order chi connectivity index (χ0) is 29.6. The van der Waals surface area contributed by atoms with E-state index in [9.17, 15) is 24.3 Å². The molecule has 2 saturated carbocycles. The summed E-state index contributed by atoms with van der Waals surface area (Å²) in [5.41, 5.74) is -10.5. The Morgan fingerprint density at radius 2 is 1.73 bits per heavy atom. The van der Waals surface area contributed by atoms with Gasteiger partial charge in [0.2, 0.25) is 5.78 Å². The van der Waals surface area contributed by atoms with Crippen LogP contribution in [0.3, 0.4) is 0 Å². The number of aliphatic hydroxyl groups is 1. The lowest BCUT2D eigenvalue weighted by Gasteiger charge is -2.66. The third kappa shape index (κ3) is 3.46. The van der Waals surface area contributed by atoms with Crippen LogP contribution in [0.4, 0.5) is 13.2 Å². The van der Waals surface area contributed by atoms with Crippen LogP contribution in [-0.4, -0.2) is 70.7 Å². The number of alkyl halides is 3. The molecule has 2 bridgehead atoms. The molecule has 7 atom stereocenters. The molecule has 5 rings (SSSR count). The third-order valence-corrected chi connectivity index (χ3v) is 9.67. The highest BCUT2D eigenvalue weighted by molar-refractivity contribution is 6.03. The number of hydrogen-bond acceptors (Lipinski definition) is 8. The van der Waals surface area contributed by atoms with Gasteiger partial charge in [-0.2, -0.15) is 8.78 Å². The van der Waals surface area contributed by atoms with Gasteiger partial charge >= 0.3 is 17.9 Å². The fraction of sp³-hybridized carbons (Fsp3) is 0.586. The fourth-order valence-corrected chi connectivity index (χ4v) is 7.50. The molecule has 0 spiro atoms. The molecule has 1 N–H and O–H groups in total. The van der Waals surface area contributed by atoms with E-state index < -0.39 is 106 Å². The van der Waals surface area contributed by atoms with Crippen LogP contribution in [0.2, 0.25) is 0 Å². The van der Waals surface area contributed by atoms with Crippen molar-refractivity contribution >= 4 is 23.5 Å². The minimum Gasteiger partial charge on any atom is -0.455 e. The zero-order valence-electron chi connectivity index (χ0n) is 22.8. The molecule has 3 fully saturated rings. The van der Waals surface area contributed by atoms with Gasteiger partial charge in [-0.3, -0.25) is 14.4 Å². The monoisotopic (exact) mass is 564 g/mol. The van der Waals surface area contributed by atoms with E-state index in [1.165, 1.54) is 26.0 Å². The van der Waals surface area contributed by atoms with Gasteiger partial charge in [0, 0.05) is 30.8 Å². The van der Waals surface area contributed by atoms with Gasteiger partial charge in [0.25, 0.3) is 0 Å². The standard InChI is InChI=1S/C29H31F3O8/c1-14-17(34)12-28(37)22(39-23(35)16-9-7-6-8-10-16)21-26(5,24(36)29(31,32)20(14)25(28,3)4)18(30)11-19-27(21,13-38-19)40-15(2)33/h6-10,18-19,21-22,37H,11-13H2,1-5H3/t18-,19-,21+,22+,26-,27+,28-/m1/s1. The molecule has 0 amide bonds. The number of esters is 2. The number of rotatable bonds is 3. The summed E-state index contributed by atoms with van der Waals surface area (Å²) in [6, 6.07) is 7.56. The van der Waals surface area contributed by atoms with Crippen molar-refractivity contribution in [3.63, 3.8) is 0 Å². The van der Waals surface area contributed by atoms with Crippen LogP contribution in [0.25, 0.3) is 0 Å². The van der Waals surface area contributed by atoms with Gasteiger partial charge in [0.15, 0.2) is 11.4 Å². The number of halogens is 3. The van der Waals surface area contributed by atoms with Crippen LogP contribution in [0.5, 0.6) is 0 Å². The predicted molar refractivity (Wildman–Crippen MR) is 132 cm³/mol. The van der Waals surface area contributed by atoms with Crippen molar-refractivity contribution < 1.29 is 51.7 Å². The number of fused-ring (bicyclic) bond motifs is 5. The number of ether oxygens (including phenoxy) is 3. The van der Waals surface area contributed by atoms with Crippen molar-refractivity contribution in [3.8, 4) is 0 Å². The molecule has 1 aromatic carbocycles. The summed E-state index contributed by atoms with van der Waals surface area (Å²) in [6.07, 6.45) is -6.70. The Hall–Kier alpha value is -3.05. The van der Waals surface area contributed by atoms with E-state index in [1.807, 2.05) is 0 Å². The Morgan fingerprint density at radius 3 is 2.27 bits per heavy atom. The Kier molecular flexibility index (Phi) is 6.21. The minimum absolute atomic E-state index is 0.0222. The highest BCUT2D eigenvalue weighted by Crippen LogP contribution is 2.66. The molecule has 8 nitrogen and oxygen atoms in total. The molecular formula is C29H31F3O8. The lowest BCUT2D eigenvalue weighted by Crippen LogP contribution is -2.81. The number of Topliss-reactive ketones (excluding diaryl/α,β-unsaturated/α-hetero) is 2. The van der Waals surface area contributed by atoms with Crippen LogP contribution < -0.4 is 0 Å². The molecule has 1 heterocycles. The Bertz CT molecular complexity index is 1340. The number of benzene rings is 1.